The molecule has 0 saturated carbocycles. The second-order valence-electron chi connectivity index (χ2n) is 1.78. The Bertz CT molecular complexity index is 255. The highest BCUT2D eigenvalue weighted by atomic mass is 14.6. The van der Waals surface area contributed by atoms with Crippen LogP contribution >= 0.6 is 0 Å². The molecule has 0 unspecified atom stereocenters. The van der Waals surface area contributed by atoms with Crippen molar-refractivity contribution in [1.82, 2.24) is 0 Å². The first-order chi connectivity index (χ1) is 4.30. The predicted octanol–water partition coefficient (Wildman–Crippen LogP) is 0.748. The maximum Gasteiger partial charge on any atom is 0.0769 e. The zero-order valence-corrected chi connectivity index (χ0v) is 4.96. The molecule has 1 rings (SSSR count). The van der Waals surface area contributed by atoms with E-state index in [4.69, 9.17) is 11.1 Å². The quantitative estimate of drug-likeness (QED) is 0.521. The Balaban J connectivity index is 3.42. The molecule has 0 aliphatic heterocycles. The van der Waals surface area contributed by atoms with Gasteiger partial charge in [-0.15, -0.1) is 0 Å². The van der Waals surface area contributed by atoms with Crippen LogP contribution in [0.3, 0.4) is 0 Å². The maximum atomic E-state index is 7.21. The van der Waals surface area contributed by atoms with Crippen molar-refractivity contribution in [2.45, 2.75) is 0 Å². The van der Waals surface area contributed by atoms with E-state index in [-0.39, 0.29) is 0 Å². The molecule has 0 aliphatic carbocycles. The van der Waals surface area contributed by atoms with E-state index >= 15 is 0 Å². The maximum absolute atomic E-state index is 7.21. The molecule has 0 bridgehead atoms. The predicted molar refractivity (Wildman–Crippen MR) is 36.7 cm³/mol. The molecule has 9 heavy (non-hydrogen) atoms. The van der Waals surface area contributed by atoms with Gasteiger partial charge in [0, 0.05) is 0 Å². The van der Waals surface area contributed by atoms with Crippen LogP contribution in [0, 0.1) is 5.41 Å². The lowest BCUT2D eigenvalue weighted by molar-refractivity contribution is 1.29. The Labute approximate surface area is 53.5 Å². The lowest BCUT2D eigenvalue weighted by Crippen LogP contribution is -2.01. The molecule has 3 N–H and O–H groups in total. The Morgan fingerprint density at radius 3 is 2.56 bits per heavy atom. The van der Waals surface area contributed by atoms with E-state index < -0.39 is 0 Å². The summed E-state index contributed by atoms with van der Waals surface area (Å²) in [7, 11) is 0. The summed E-state index contributed by atoms with van der Waals surface area (Å²) >= 11 is 0. The standard InChI is InChI=1S/C7H8N2/c8-6-4-2-1-3-5-7(6)9/h1-5H,(H3,8,9). The van der Waals surface area contributed by atoms with Gasteiger partial charge in [-0.1, -0.05) is 18.2 Å². The third-order valence-corrected chi connectivity index (χ3v) is 1.07. The molecule has 0 aliphatic rings. The molecule has 1 aromatic rings. The van der Waals surface area contributed by atoms with Crippen LogP contribution in [-0.2, 0) is 0 Å². The second-order valence-corrected chi connectivity index (χ2v) is 1.78. The van der Waals surface area contributed by atoms with Crippen molar-refractivity contribution in [3.63, 3.8) is 0 Å². The van der Waals surface area contributed by atoms with Crippen molar-refractivity contribution >= 4 is 5.69 Å². The van der Waals surface area contributed by atoms with Crippen LogP contribution < -0.4 is 11.1 Å². The van der Waals surface area contributed by atoms with E-state index in [1.807, 2.05) is 12.1 Å². The van der Waals surface area contributed by atoms with Gasteiger partial charge in [-0.3, -0.25) is 5.41 Å². The van der Waals surface area contributed by atoms with Gasteiger partial charge >= 0.3 is 0 Å². The third-order valence-electron chi connectivity index (χ3n) is 1.07. The van der Waals surface area contributed by atoms with E-state index in [0.29, 0.717) is 11.0 Å². The monoisotopic (exact) mass is 120 g/mol. The molecule has 46 valence electrons. The number of rotatable bonds is 0. The molecule has 0 spiro atoms. The van der Waals surface area contributed by atoms with Crippen molar-refractivity contribution in [3.05, 3.63) is 35.7 Å². The highest BCUT2D eigenvalue weighted by molar-refractivity contribution is 5.33. The largest absolute Gasteiger partial charge is 0.397 e. The number of nitrogens with two attached hydrogens (primary N) is 1. The summed E-state index contributed by atoms with van der Waals surface area (Å²) in [5, 5.41) is 7.59. The smallest absolute Gasteiger partial charge is 0.0769 e. The third kappa shape index (κ3) is 1.29. The molecule has 0 fully saturated rings. The average molecular weight is 120 g/mol. The van der Waals surface area contributed by atoms with Gasteiger partial charge in [0.05, 0.1) is 11.0 Å². The van der Waals surface area contributed by atoms with Crippen LogP contribution in [0.4, 0.5) is 5.69 Å². The van der Waals surface area contributed by atoms with Gasteiger partial charge in [-0.25, -0.2) is 0 Å². The van der Waals surface area contributed by atoms with E-state index in [1.165, 1.54) is 0 Å². The summed E-state index contributed by atoms with van der Waals surface area (Å²) in [6, 6.07) is 8.82. The van der Waals surface area contributed by atoms with Gasteiger partial charge in [-0.05, 0) is 12.1 Å². The van der Waals surface area contributed by atoms with E-state index in [0.717, 1.165) is 0 Å². The molecule has 0 saturated heterocycles. The molecule has 0 aromatic heterocycles. The van der Waals surface area contributed by atoms with Gasteiger partial charge in [0.1, 0.15) is 0 Å². The van der Waals surface area contributed by atoms with Crippen molar-refractivity contribution in [1.29, 1.82) is 5.41 Å². The minimum absolute atomic E-state index is 0.375. The van der Waals surface area contributed by atoms with Crippen LogP contribution in [0.5, 0.6) is 0 Å². The first-order valence-electron chi connectivity index (χ1n) is 2.70. The summed E-state index contributed by atoms with van der Waals surface area (Å²) in [4.78, 5) is 0. The topological polar surface area (TPSA) is 49.9 Å². The Morgan fingerprint density at radius 1 is 1.11 bits per heavy atom. The Hall–Kier alpha value is -1.31. The van der Waals surface area contributed by atoms with Gasteiger partial charge < -0.3 is 5.73 Å². The molecule has 0 atom stereocenters. The zero-order valence-electron chi connectivity index (χ0n) is 4.96. The number of hydrogen-bond acceptors (Lipinski definition) is 2. The first-order valence-corrected chi connectivity index (χ1v) is 2.70. The van der Waals surface area contributed by atoms with E-state index in [9.17, 15) is 0 Å². The summed E-state index contributed by atoms with van der Waals surface area (Å²) in [5.41, 5.74) is 5.93. The average Bonchev–Trinajstić information content (AvgIpc) is 1.99. The second kappa shape index (κ2) is 2.31. The SMILES string of the molecule is N=c1cccccc1N. The fourth-order valence-electron chi connectivity index (χ4n) is 0.561. The van der Waals surface area contributed by atoms with Crippen molar-refractivity contribution in [2.24, 2.45) is 0 Å². The summed E-state index contributed by atoms with van der Waals surface area (Å²) in [5.74, 6) is 0. The normalized spacial score (nSPS) is 8.89. The fraction of sp³-hybridized carbons (Fsp3) is 0. The molecular weight excluding hydrogens is 112 g/mol. The molecule has 0 radical (unpaired) electrons. The number of hydrogen-bond donors (Lipinski definition) is 2. The van der Waals surface area contributed by atoms with Gasteiger partial charge in [0.25, 0.3) is 0 Å². The fourth-order valence-corrected chi connectivity index (χ4v) is 0.561. The minimum Gasteiger partial charge on any atom is -0.397 e. The van der Waals surface area contributed by atoms with Crippen LogP contribution in [0.2, 0.25) is 0 Å². The van der Waals surface area contributed by atoms with Gasteiger partial charge in [0.2, 0.25) is 0 Å². The summed E-state index contributed by atoms with van der Waals surface area (Å²) < 4.78 is 0. The lowest BCUT2D eigenvalue weighted by Gasteiger charge is -1.79. The first kappa shape index (κ1) is 5.82. The van der Waals surface area contributed by atoms with Crippen molar-refractivity contribution in [3.8, 4) is 0 Å². The molecule has 1 aromatic carbocycles. The van der Waals surface area contributed by atoms with Crippen molar-refractivity contribution < 1.29 is 0 Å². The number of nitrogens with one attached hydrogen (secondary N) is 1. The van der Waals surface area contributed by atoms with Crippen LogP contribution in [0.15, 0.2) is 30.3 Å². The Morgan fingerprint density at radius 2 is 1.78 bits per heavy atom. The number of nitrogen functional groups attached to an aromatic ring is 1. The van der Waals surface area contributed by atoms with Gasteiger partial charge in [0.15, 0.2) is 0 Å². The molecule has 0 heterocycles. The molecular formula is C7H8N2. The highest BCUT2D eigenvalue weighted by Crippen LogP contribution is 1.86. The van der Waals surface area contributed by atoms with Crippen LogP contribution in [0.25, 0.3) is 0 Å². The van der Waals surface area contributed by atoms with Crippen molar-refractivity contribution in [2.75, 3.05) is 5.73 Å². The number of anilines is 1. The lowest BCUT2D eigenvalue weighted by atomic mass is 10.4. The summed E-state index contributed by atoms with van der Waals surface area (Å²) in [6.07, 6.45) is 0. The summed E-state index contributed by atoms with van der Waals surface area (Å²) in [6.45, 7) is 0. The zero-order chi connectivity index (χ0) is 6.69. The van der Waals surface area contributed by atoms with E-state index in [1.54, 1.807) is 18.2 Å². The molecule has 2 nitrogen and oxygen atoms in total. The van der Waals surface area contributed by atoms with Crippen LogP contribution in [0.1, 0.15) is 0 Å². The molecule has 2 heteroatoms. The van der Waals surface area contributed by atoms with E-state index in [2.05, 4.69) is 0 Å². The molecule has 0 amide bonds. The van der Waals surface area contributed by atoms with Gasteiger partial charge in [-0.2, -0.15) is 0 Å². The Kier molecular flexibility index (Phi) is 1.49. The van der Waals surface area contributed by atoms with Crippen LogP contribution in [-0.4, -0.2) is 0 Å². The minimum atomic E-state index is 0.375. The highest BCUT2D eigenvalue weighted by Gasteiger charge is 1.79.